The molecule has 0 saturated heterocycles. The summed E-state index contributed by atoms with van der Waals surface area (Å²) < 4.78 is 5.82. The minimum atomic E-state index is -0.252. The Labute approximate surface area is 160 Å². The monoisotopic (exact) mass is 378 g/mol. The average molecular weight is 378 g/mol. The van der Waals surface area contributed by atoms with E-state index in [2.05, 4.69) is 20.5 Å². The number of fused-ring (bicyclic) bond motifs is 1. The van der Waals surface area contributed by atoms with Gasteiger partial charge in [0, 0.05) is 18.0 Å². The fourth-order valence-electron chi connectivity index (χ4n) is 2.89. The van der Waals surface area contributed by atoms with E-state index in [9.17, 15) is 4.79 Å². The molecule has 6 nitrogen and oxygen atoms in total. The number of rotatable bonds is 5. The van der Waals surface area contributed by atoms with Gasteiger partial charge in [0.15, 0.2) is 5.58 Å². The third-order valence-electron chi connectivity index (χ3n) is 4.27. The molecule has 1 aliphatic rings. The number of hydrazone groups is 1. The smallest absolute Gasteiger partial charge is 0.271 e. The van der Waals surface area contributed by atoms with Crippen LogP contribution in [0.4, 0.5) is 0 Å². The fraction of sp³-hybridized carbons (Fsp3) is 0.200. The summed E-state index contributed by atoms with van der Waals surface area (Å²) >= 11 is 1.54. The lowest BCUT2D eigenvalue weighted by Crippen LogP contribution is -2.17. The summed E-state index contributed by atoms with van der Waals surface area (Å²) in [5, 5.41) is 4.78. The molecule has 3 aromatic rings. The Morgan fingerprint density at radius 3 is 2.81 bits per heavy atom. The molecule has 0 radical (unpaired) electrons. The van der Waals surface area contributed by atoms with E-state index in [1.54, 1.807) is 42.5 Å². The van der Waals surface area contributed by atoms with Crippen molar-refractivity contribution < 1.29 is 9.21 Å². The first-order chi connectivity index (χ1) is 13.3. The Bertz CT molecular complexity index is 978. The highest BCUT2D eigenvalue weighted by atomic mass is 32.2. The molecule has 2 aromatic heterocycles. The van der Waals surface area contributed by atoms with Crippen LogP contribution in [0.25, 0.3) is 11.1 Å². The minimum Gasteiger partial charge on any atom is -0.431 e. The highest BCUT2D eigenvalue weighted by Crippen LogP contribution is 2.37. The largest absolute Gasteiger partial charge is 0.431 e. The lowest BCUT2D eigenvalue weighted by Gasteiger charge is -2.15. The third kappa shape index (κ3) is 4.25. The van der Waals surface area contributed by atoms with Gasteiger partial charge in [-0.1, -0.05) is 12.1 Å². The molecule has 0 atom stereocenters. The quantitative estimate of drug-likeness (QED) is 0.520. The maximum absolute atomic E-state index is 12.1. The van der Waals surface area contributed by atoms with Crippen LogP contribution >= 0.6 is 11.8 Å². The summed E-state index contributed by atoms with van der Waals surface area (Å²) in [6, 6.07) is 11.0. The van der Waals surface area contributed by atoms with E-state index in [1.807, 2.05) is 24.3 Å². The number of para-hydroxylation sites is 2. The van der Waals surface area contributed by atoms with E-state index in [0.29, 0.717) is 10.8 Å². The Balaban J connectivity index is 1.48. The van der Waals surface area contributed by atoms with Crippen molar-refractivity contribution in [3.63, 3.8) is 0 Å². The van der Waals surface area contributed by atoms with Crippen LogP contribution in [0.15, 0.2) is 74.0 Å². The van der Waals surface area contributed by atoms with Gasteiger partial charge in [-0.25, -0.2) is 10.4 Å². The number of aromatic nitrogens is 2. The lowest BCUT2D eigenvalue weighted by molar-refractivity contribution is 0.0955. The van der Waals surface area contributed by atoms with Crippen LogP contribution in [0.3, 0.4) is 0 Å². The summed E-state index contributed by atoms with van der Waals surface area (Å²) in [6.07, 6.45) is 9.03. The van der Waals surface area contributed by atoms with Crippen LogP contribution in [-0.4, -0.2) is 22.1 Å². The van der Waals surface area contributed by atoms with Crippen molar-refractivity contribution in [1.29, 1.82) is 0 Å². The second-order valence-electron chi connectivity index (χ2n) is 6.14. The number of carbonyl (C=O) groups excluding carboxylic acids is 1. The number of oxazole rings is 1. The molecule has 0 aliphatic heterocycles. The van der Waals surface area contributed by atoms with Crippen LogP contribution in [0.1, 0.15) is 36.0 Å². The third-order valence-corrected chi connectivity index (χ3v) is 5.33. The van der Waals surface area contributed by atoms with Crippen molar-refractivity contribution in [1.82, 2.24) is 15.4 Å². The van der Waals surface area contributed by atoms with Crippen molar-refractivity contribution in [3.05, 3.63) is 64.8 Å². The zero-order valence-electron chi connectivity index (χ0n) is 14.6. The Kier molecular flexibility index (Phi) is 5.29. The topological polar surface area (TPSA) is 80.4 Å². The van der Waals surface area contributed by atoms with Gasteiger partial charge in [-0.3, -0.25) is 9.78 Å². The molecule has 0 unspecified atom stereocenters. The van der Waals surface area contributed by atoms with Crippen molar-refractivity contribution in [2.24, 2.45) is 5.10 Å². The maximum Gasteiger partial charge on any atom is 0.271 e. The summed E-state index contributed by atoms with van der Waals surface area (Å²) in [5.74, 6) is -0.252. The molecule has 1 amide bonds. The zero-order valence-corrected chi connectivity index (χ0v) is 15.4. The second-order valence-corrected chi connectivity index (χ2v) is 7.19. The normalized spacial score (nSPS) is 14.8. The minimum absolute atomic E-state index is 0.252. The molecule has 136 valence electrons. The van der Waals surface area contributed by atoms with E-state index in [4.69, 9.17) is 4.42 Å². The first-order valence-corrected chi connectivity index (χ1v) is 9.60. The predicted molar refractivity (Wildman–Crippen MR) is 106 cm³/mol. The molecule has 2 heterocycles. The van der Waals surface area contributed by atoms with E-state index in [1.165, 1.54) is 4.91 Å². The van der Waals surface area contributed by atoms with Crippen LogP contribution in [-0.2, 0) is 0 Å². The molecule has 0 fully saturated rings. The predicted octanol–water partition coefficient (Wildman–Crippen LogP) is 4.56. The van der Waals surface area contributed by atoms with Gasteiger partial charge < -0.3 is 4.42 Å². The highest BCUT2D eigenvalue weighted by molar-refractivity contribution is 8.02. The van der Waals surface area contributed by atoms with Crippen LogP contribution in [0, 0.1) is 0 Å². The van der Waals surface area contributed by atoms with Gasteiger partial charge in [0.05, 0.1) is 6.21 Å². The summed E-state index contributed by atoms with van der Waals surface area (Å²) in [4.78, 5) is 21.7. The molecule has 27 heavy (non-hydrogen) atoms. The Morgan fingerprint density at radius 2 is 1.96 bits per heavy atom. The van der Waals surface area contributed by atoms with E-state index in [0.717, 1.165) is 42.4 Å². The van der Waals surface area contributed by atoms with Gasteiger partial charge in [0.25, 0.3) is 11.1 Å². The SMILES string of the molecule is O=C(N/N=C\C1=C(Sc2nc3ccccc3o2)CCCC1)c1ccncc1. The summed E-state index contributed by atoms with van der Waals surface area (Å²) in [5.41, 5.74) is 5.86. The summed E-state index contributed by atoms with van der Waals surface area (Å²) in [7, 11) is 0. The van der Waals surface area contributed by atoms with Crippen LogP contribution in [0.2, 0.25) is 0 Å². The maximum atomic E-state index is 12.1. The lowest BCUT2D eigenvalue weighted by atomic mass is 10.0. The molecule has 0 spiro atoms. The molecule has 1 aromatic carbocycles. The molecule has 7 heteroatoms. The van der Waals surface area contributed by atoms with Gasteiger partial charge in [-0.15, -0.1) is 0 Å². The number of nitrogens with zero attached hydrogens (tertiary/aromatic N) is 3. The van der Waals surface area contributed by atoms with Gasteiger partial charge in [0.2, 0.25) is 0 Å². The Hall–Kier alpha value is -2.93. The zero-order chi connectivity index (χ0) is 18.5. The molecular formula is C20H18N4O2S. The number of allylic oxidation sites excluding steroid dienone is 2. The number of thioether (sulfide) groups is 1. The van der Waals surface area contributed by atoms with Crippen molar-refractivity contribution >= 4 is 35.0 Å². The first kappa shape index (κ1) is 17.5. The second kappa shape index (κ2) is 8.18. The number of hydrogen-bond acceptors (Lipinski definition) is 6. The van der Waals surface area contributed by atoms with Gasteiger partial charge in [-0.05, 0) is 72.2 Å². The van der Waals surface area contributed by atoms with E-state index in [-0.39, 0.29) is 5.91 Å². The van der Waals surface area contributed by atoms with E-state index < -0.39 is 0 Å². The molecular weight excluding hydrogens is 360 g/mol. The molecule has 4 rings (SSSR count). The number of pyridine rings is 1. The number of nitrogens with one attached hydrogen (secondary N) is 1. The van der Waals surface area contributed by atoms with Gasteiger partial charge >= 0.3 is 0 Å². The number of amides is 1. The standard InChI is InChI=1S/C20H18N4O2S/c25-19(14-9-11-21-12-10-14)24-22-13-15-5-1-4-8-18(15)27-20-23-16-6-2-3-7-17(16)26-20/h2-3,6-7,9-13H,1,4-5,8H2,(H,24,25)/b22-13-. The molecule has 0 bridgehead atoms. The molecule has 1 N–H and O–H groups in total. The summed E-state index contributed by atoms with van der Waals surface area (Å²) in [6.45, 7) is 0. The van der Waals surface area contributed by atoms with Gasteiger partial charge in [0.1, 0.15) is 5.52 Å². The van der Waals surface area contributed by atoms with Crippen LogP contribution in [0.5, 0.6) is 0 Å². The fourth-order valence-corrected chi connectivity index (χ4v) is 3.91. The molecule has 0 saturated carbocycles. The van der Waals surface area contributed by atoms with Crippen molar-refractivity contribution in [2.45, 2.75) is 30.9 Å². The van der Waals surface area contributed by atoms with Crippen LogP contribution < -0.4 is 5.43 Å². The van der Waals surface area contributed by atoms with Gasteiger partial charge in [-0.2, -0.15) is 5.10 Å². The molecule has 1 aliphatic carbocycles. The highest BCUT2D eigenvalue weighted by Gasteiger charge is 2.16. The Morgan fingerprint density at radius 1 is 1.15 bits per heavy atom. The number of hydrogen-bond donors (Lipinski definition) is 1. The van der Waals surface area contributed by atoms with Crippen molar-refractivity contribution in [2.75, 3.05) is 0 Å². The average Bonchev–Trinajstić information content (AvgIpc) is 3.12. The number of carbonyl (C=O) groups is 1. The van der Waals surface area contributed by atoms with E-state index >= 15 is 0 Å². The number of benzene rings is 1. The first-order valence-electron chi connectivity index (χ1n) is 8.78. The van der Waals surface area contributed by atoms with Crippen molar-refractivity contribution in [3.8, 4) is 0 Å².